The lowest BCUT2D eigenvalue weighted by Gasteiger charge is -2.34. The molecule has 0 aliphatic carbocycles. The van der Waals surface area contributed by atoms with Gasteiger partial charge in [0.2, 0.25) is 5.91 Å². The van der Waals surface area contributed by atoms with Crippen LogP contribution in [0.2, 0.25) is 0 Å². The highest BCUT2D eigenvalue weighted by atomic mass is 16.5. The molecule has 1 N–H and O–H groups in total. The maximum atomic E-state index is 13.1. The summed E-state index contributed by atoms with van der Waals surface area (Å²) in [5.74, 6) is -0.358. The van der Waals surface area contributed by atoms with Crippen molar-refractivity contribution >= 4 is 11.8 Å². The second-order valence-electron chi connectivity index (χ2n) is 7.44. The third-order valence-corrected chi connectivity index (χ3v) is 4.70. The van der Waals surface area contributed by atoms with Crippen LogP contribution in [0.5, 0.6) is 0 Å². The monoisotopic (exact) mass is 381 g/mol. The highest BCUT2D eigenvalue weighted by molar-refractivity contribution is 5.86. The van der Waals surface area contributed by atoms with Crippen molar-refractivity contribution in [3.05, 3.63) is 71.3 Å². The van der Waals surface area contributed by atoms with Gasteiger partial charge in [-0.2, -0.15) is 0 Å². The summed E-state index contributed by atoms with van der Waals surface area (Å²) in [6, 6.07) is 17.2. The lowest BCUT2D eigenvalue weighted by molar-refractivity contribution is -0.154. The summed E-state index contributed by atoms with van der Waals surface area (Å²) < 4.78 is 5.64. The van der Waals surface area contributed by atoms with Gasteiger partial charge in [0.15, 0.2) is 6.10 Å². The molecule has 1 fully saturated rings. The molecule has 0 aromatic heterocycles. The van der Waals surface area contributed by atoms with E-state index in [1.165, 1.54) is 5.56 Å². The summed E-state index contributed by atoms with van der Waals surface area (Å²) in [5, 5.41) is 2.90. The summed E-state index contributed by atoms with van der Waals surface area (Å²) in [5.41, 5.74) is 3.12. The standard InChI is InChI=1S/C22H27N3O3/c1-24(2)13-16-8-7-9-17(12-16)14-25(3)22(27)21-20(23-19(26)15-28-21)18-10-5-4-6-11-18/h4-12,20-21H,13-15H2,1-3H3,(H,23,26)/t20-,21+/m1/s1. The molecule has 1 saturated heterocycles. The van der Waals surface area contributed by atoms with E-state index in [0.717, 1.165) is 17.7 Å². The Morgan fingerprint density at radius 3 is 2.39 bits per heavy atom. The van der Waals surface area contributed by atoms with Crippen molar-refractivity contribution in [3.8, 4) is 0 Å². The quantitative estimate of drug-likeness (QED) is 0.831. The van der Waals surface area contributed by atoms with Crippen LogP contribution in [-0.4, -0.2) is 55.5 Å². The van der Waals surface area contributed by atoms with Crippen molar-refractivity contribution in [3.63, 3.8) is 0 Å². The zero-order valence-corrected chi connectivity index (χ0v) is 16.6. The van der Waals surface area contributed by atoms with Gasteiger partial charge in [-0.25, -0.2) is 0 Å². The van der Waals surface area contributed by atoms with E-state index in [9.17, 15) is 9.59 Å². The van der Waals surface area contributed by atoms with E-state index in [0.29, 0.717) is 6.54 Å². The second kappa shape index (κ2) is 8.99. The molecule has 1 aliphatic heterocycles. The molecule has 2 atom stereocenters. The molecule has 0 radical (unpaired) electrons. The largest absolute Gasteiger partial charge is 0.356 e. The summed E-state index contributed by atoms with van der Waals surface area (Å²) in [6.07, 6.45) is -0.741. The smallest absolute Gasteiger partial charge is 0.254 e. The molecule has 1 heterocycles. The molecular formula is C22H27N3O3. The fourth-order valence-electron chi connectivity index (χ4n) is 3.45. The molecule has 1 aliphatic rings. The summed E-state index contributed by atoms with van der Waals surface area (Å²) >= 11 is 0. The molecular weight excluding hydrogens is 354 g/mol. The minimum Gasteiger partial charge on any atom is -0.356 e. The van der Waals surface area contributed by atoms with E-state index >= 15 is 0 Å². The van der Waals surface area contributed by atoms with E-state index in [2.05, 4.69) is 22.3 Å². The van der Waals surface area contributed by atoms with Gasteiger partial charge >= 0.3 is 0 Å². The van der Waals surface area contributed by atoms with Crippen molar-refractivity contribution in [1.82, 2.24) is 15.1 Å². The summed E-state index contributed by atoms with van der Waals surface area (Å²) in [6.45, 7) is 1.22. The number of likely N-dealkylation sites (N-methyl/N-ethyl adjacent to an activating group) is 1. The number of carbonyl (C=O) groups excluding carboxylic acids is 2. The van der Waals surface area contributed by atoms with Crippen LogP contribution in [0.4, 0.5) is 0 Å². The fourth-order valence-corrected chi connectivity index (χ4v) is 3.45. The van der Waals surface area contributed by atoms with E-state index < -0.39 is 12.1 Å². The van der Waals surface area contributed by atoms with Gasteiger partial charge in [-0.15, -0.1) is 0 Å². The molecule has 0 saturated carbocycles. The number of nitrogens with zero attached hydrogens (tertiary/aromatic N) is 2. The van der Waals surface area contributed by atoms with Gasteiger partial charge in [-0.05, 0) is 30.8 Å². The third-order valence-electron chi connectivity index (χ3n) is 4.70. The van der Waals surface area contributed by atoms with E-state index in [4.69, 9.17) is 4.74 Å². The van der Waals surface area contributed by atoms with Crippen LogP contribution in [0.15, 0.2) is 54.6 Å². The molecule has 0 spiro atoms. The first kappa shape index (κ1) is 20.0. The Kier molecular flexibility index (Phi) is 6.44. The van der Waals surface area contributed by atoms with Crippen LogP contribution in [0.1, 0.15) is 22.7 Å². The first-order valence-electron chi connectivity index (χ1n) is 9.37. The molecule has 0 bridgehead atoms. The van der Waals surface area contributed by atoms with Gasteiger partial charge in [0.1, 0.15) is 6.61 Å². The van der Waals surface area contributed by atoms with E-state index in [1.54, 1.807) is 11.9 Å². The first-order chi connectivity index (χ1) is 13.4. The SMILES string of the molecule is CN(C)Cc1cccc(CN(C)C(=O)[C@H]2OCC(=O)N[C@@H]2c2ccccc2)c1. The van der Waals surface area contributed by atoms with E-state index in [1.807, 2.05) is 56.6 Å². The number of hydrogen-bond donors (Lipinski definition) is 1. The molecule has 28 heavy (non-hydrogen) atoms. The average molecular weight is 381 g/mol. The number of rotatable bonds is 6. The lowest BCUT2D eigenvalue weighted by Crippen LogP contribution is -2.52. The molecule has 148 valence electrons. The Hall–Kier alpha value is -2.70. The lowest BCUT2D eigenvalue weighted by atomic mass is 9.98. The number of ether oxygens (including phenoxy) is 1. The van der Waals surface area contributed by atoms with Gasteiger partial charge in [0.25, 0.3) is 5.91 Å². The highest BCUT2D eigenvalue weighted by Crippen LogP contribution is 2.24. The topological polar surface area (TPSA) is 61.9 Å². The second-order valence-corrected chi connectivity index (χ2v) is 7.44. The van der Waals surface area contributed by atoms with Gasteiger partial charge in [-0.3, -0.25) is 9.59 Å². The molecule has 6 nitrogen and oxygen atoms in total. The summed E-state index contributed by atoms with van der Waals surface area (Å²) in [4.78, 5) is 28.7. The first-order valence-corrected chi connectivity index (χ1v) is 9.37. The number of nitrogens with one attached hydrogen (secondary N) is 1. The zero-order chi connectivity index (χ0) is 20.1. The maximum Gasteiger partial charge on any atom is 0.254 e. The van der Waals surface area contributed by atoms with Gasteiger partial charge in [0, 0.05) is 20.1 Å². The number of amides is 2. The average Bonchev–Trinajstić information content (AvgIpc) is 2.68. The Bertz CT molecular complexity index is 823. The van der Waals surface area contributed by atoms with Gasteiger partial charge in [0.05, 0.1) is 6.04 Å². The Labute approximate surface area is 166 Å². The number of benzene rings is 2. The molecule has 2 aromatic carbocycles. The van der Waals surface area contributed by atoms with Crippen molar-refractivity contribution in [2.75, 3.05) is 27.7 Å². The van der Waals surface area contributed by atoms with Crippen LogP contribution in [0.3, 0.4) is 0 Å². The summed E-state index contributed by atoms with van der Waals surface area (Å²) in [7, 11) is 5.82. The van der Waals surface area contributed by atoms with Crippen molar-refractivity contribution < 1.29 is 14.3 Å². The van der Waals surface area contributed by atoms with Crippen LogP contribution in [0, 0.1) is 0 Å². The number of hydrogen-bond acceptors (Lipinski definition) is 4. The van der Waals surface area contributed by atoms with Gasteiger partial charge < -0.3 is 19.9 Å². The molecule has 0 unspecified atom stereocenters. The van der Waals surface area contributed by atoms with Crippen molar-refractivity contribution in [1.29, 1.82) is 0 Å². The van der Waals surface area contributed by atoms with Crippen molar-refractivity contribution in [2.24, 2.45) is 0 Å². The van der Waals surface area contributed by atoms with Gasteiger partial charge in [-0.1, -0.05) is 54.6 Å². The zero-order valence-electron chi connectivity index (χ0n) is 16.6. The number of morpholine rings is 1. The van der Waals surface area contributed by atoms with Crippen LogP contribution in [-0.2, 0) is 27.4 Å². The molecule has 2 aromatic rings. The predicted molar refractivity (Wildman–Crippen MR) is 107 cm³/mol. The highest BCUT2D eigenvalue weighted by Gasteiger charge is 2.37. The minimum absolute atomic E-state index is 0.105. The van der Waals surface area contributed by atoms with Crippen LogP contribution >= 0.6 is 0 Å². The maximum absolute atomic E-state index is 13.1. The van der Waals surface area contributed by atoms with Crippen LogP contribution < -0.4 is 5.32 Å². The molecule has 2 amide bonds. The number of carbonyl (C=O) groups is 2. The molecule has 3 rings (SSSR count). The minimum atomic E-state index is -0.741. The Balaban J connectivity index is 1.73. The van der Waals surface area contributed by atoms with E-state index in [-0.39, 0.29) is 18.4 Å². The fraction of sp³-hybridized carbons (Fsp3) is 0.364. The molecule has 6 heteroatoms. The Morgan fingerprint density at radius 1 is 1.04 bits per heavy atom. The predicted octanol–water partition coefficient (Wildman–Crippen LogP) is 1.96. The normalized spacial score (nSPS) is 19.4. The third kappa shape index (κ3) is 4.97. The van der Waals surface area contributed by atoms with Crippen molar-refractivity contribution in [2.45, 2.75) is 25.2 Å². The Morgan fingerprint density at radius 2 is 1.71 bits per heavy atom. The van der Waals surface area contributed by atoms with Crippen LogP contribution in [0.25, 0.3) is 0 Å².